The summed E-state index contributed by atoms with van der Waals surface area (Å²) in [5.74, 6) is 2.26. The Hall–Kier alpha value is 0.532. The summed E-state index contributed by atoms with van der Waals surface area (Å²) < 4.78 is 0. The Kier molecular flexibility index (Phi) is 4.00. The van der Waals surface area contributed by atoms with Crippen molar-refractivity contribution in [3.05, 3.63) is 0 Å². The van der Waals surface area contributed by atoms with E-state index in [-0.39, 0.29) is 0 Å². The van der Waals surface area contributed by atoms with Gasteiger partial charge in [0.1, 0.15) is 0 Å². The molecule has 0 aromatic heterocycles. The zero-order valence-electron chi connectivity index (χ0n) is 3.28. The van der Waals surface area contributed by atoms with Crippen molar-refractivity contribution < 1.29 is 0 Å². The van der Waals surface area contributed by atoms with Gasteiger partial charge in [0.2, 0.25) is 0 Å². The molecule has 0 bridgehead atoms. The van der Waals surface area contributed by atoms with Gasteiger partial charge in [0.05, 0.1) is 0 Å². The van der Waals surface area contributed by atoms with Gasteiger partial charge in [-0.1, -0.05) is 0 Å². The van der Waals surface area contributed by atoms with Gasteiger partial charge < -0.3 is 0 Å². The number of rotatable bonds is 1. The van der Waals surface area contributed by atoms with Crippen molar-refractivity contribution in [2.45, 2.75) is 18.0 Å². The van der Waals surface area contributed by atoms with Gasteiger partial charge in [0.15, 0.2) is 0 Å². The van der Waals surface area contributed by atoms with Gasteiger partial charge in [-0.2, -0.15) is 0 Å². The molecule has 0 saturated heterocycles. The molecule has 0 nitrogen and oxygen atoms in total. The molecule has 0 aliphatic carbocycles. The van der Waals surface area contributed by atoms with Gasteiger partial charge in [-0.25, -0.2) is 0 Å². The van der Waals surface area contributed by atoms with Crippen LogP contribution in [0.15, 0.2) is 0 Å². The Labute approximate surface area is 33.9 Å². The SMILES string of the molecule is C[CH2][Al+][CH3]. The molecule has 0 aromatic rings. The van der Waals surface area contributed by atoms with E-state index >= 15 is 0 Å². The fourth-order valence-electron chi connectivity index (χ4n) is 0. The third kappa shape index (κ3) is 2.53. The minimum atomic E-state index is 0.782. The molecule has 22 valence electrons. The summed E-state index contributed by atoms with van der Waals surface area (Å²) in [7, 11) is 0. The molecule has 1 heteroatoms. The predicted octanol–water partition coefficient (Wildman–Crippen LogP) is 1.18. The zero-order valence-corrected chi connectivity index (χ0v) is 4.44. The van der Waals surface area contributed by atoms with Gasteiger partial charge in [0.25, 0.3) is 0 Å². The van der Waals surface area contributed by atoms with E-state index in [0.717, 1.165) is 15.2 Å². The molecule has 4 heavy (non-hydrogen) atoms. The molecule has 0 N–H and O–H groups in total. The van der Waals surface area contributed by atoms with Crippen LogP contribution in [-0.4, -0.2) is 15.2 Å². The minimum absolute atomic E-state index is 0.782. The van der Waals surface area contributed by atoms with Crippen LogP contribution in [0.1, 0.15) is 6.92 Å². The normalized spacial score (nSPS) is 5.50. The molecule has 0 aromatic carbocycles. The van der Waals surface area contributed by atoms with Gasteiger partial charge in [0, 0.05) is 0 Å². The number of hydrogen-bond donors (Lipinski definition) is 0. The molecule has 0 aliphatic heterocycles. The molecule has 0 spiro atoms. The van der Waals surface area contributed by atoms with E-state index in [2.05, 4.69) is 12.7 Å². The zero-order chi connectivity index (χ0) is 3.41. The van der Waals surface area contributed by atoms with Crippen LogP contribution in [-0.2, 0) is 0 Å². The molecule has 0 rings (SSSR count). The predicted molar refractivity (Wildman–Crippen MR) is 22.1 cm³/mol. The first kappa shape index (κ1) is 4.53. The standard InChI is InChI=1S/C2H5.CH3.Al/c1-2;;/h1H2,2H3;1H3;/q;;+1. The molecule has 0 fully saturated rings. The maximum atomic E-state index is 2.26. The van der Waals surface area contributed by atoms with E-state index in [4.69, 9.17) is 0 Å². The van der Waals surface area contributed by atoms with Crippen LogP contribution in [0.3, 0.4) is 0 Å². The summed E-state index contributed by atoms with van der Waals surface area (Å²) in [5, 5.41) is 1.40. The van der Waals surface area contributed by atoms with Crippen LogP contribution < -0.4 is 0 Å². The average molecular weight is 71.1 g/mol. The third-order valence-corrected chi connectivity index (χ3v) is 1.22. The fourth-order valence-corrected chi connectivity index (χ4v) is 0. The van der Waals surface area contributed by atoms with E-state index in [1.54, 1.807) is 0 Å². The second-order valence-corrected chi connectivity index (χ2v) is 2.45. The Balaban J connectivity index is 1.97. The second kappa shape index (κ2) is 3.53. The first-order valence-corrected chi connectivity index (χ1v) is 3.66. The molecule has 0 saturated carbocycles. The Morgan fingerprint density at radius 3 is 2.00 bits per heavy atom. The topological polar surface area (TPSA) is 0 Å². The summed E-state index contributed by atoms with van der Waals surface area (Å²) in [6.07, 6.45) is 0. The van der Waals surface area contributed by atoms with Crippen molar-refractivity contribution in [3.8, 4) is 0 Å². The molecular weight excluding hydrogens is 63.0 g/mol. The van der Waals surface area contributed by atoms with Crippen LogP contribution >= 0.6 is 0 Å². The molecule has 0 atom stereocenters. The summed E-state index contributed by atoms with van der Waals surface area (Å²) >= 11 is 0.782. The van der Waals surface area contributed by atoms with Gasteiger partial charge >= 0.3 is 33.2 Å². The molecule has 0 amide bonds. The molecule has 0 unspecified atom stereocenters. The molecule has 0 radical (unpaired) electrons. The van der Waals surface area contributed by atoms with E-state index in [1.165, 1.54) is 5.28 Å². The van der Waals surface area contributed by atoms with E-state index < -0.39 is 0 Å². The Morgan fingerprint density at radius 1 is 1.75 bits per heavy atom. The van der Waals surface area contributed by atoms with E-state index in [1.807, 2.05) is 0 Å². The maximum absolute atomic E-state index is 2.26. The third-order valence-electron chi connectivity index (χ3n) is 0.408. The van der Waals surface area contributed by atoms with E-state index in [9.17, 15) is 0 Å². The summed E-state index contributed by atoms with van der Waals surface area (Å²) in [4.78, 5) is 0. The van der Waals surface area contributed by atoms with Gasteiger partial charge in [-0.05, 0) is 0 Å². The van der Waals surface area contributed by atoms with Crippen LogP contribution in [0.5, 0.6) is 0 Å². The summed E-state index contributed by atoms with van der Waals surface area (Å²) in [5.41, 5.74) is 0. The average Bonchev–Trinajstić information content (AvgIpc) is 1.37. The molecular formula is C3H8Al+. The number of hydrogen-bond acceptors (Lipinski definition) is 0. The monoisotopic (exact) mass is 71.0 g/mol. The first-order valence-electron chi connectivity index (χ1n) is 1.69. The van der Waals surface area contributed by atoms with Crippen LogP contribution in [0, 0.1) is 0 Å². The van der Waals surface area contributed by atoms with Crippen molar-refractivity contribution in [2.24, 2.45) is 0 Å². The van der Waals surface area contributed by atoms with E-state index in [0.29, 0.717) is 0 Å². The van der Waals surface area contributed by atoms with Crippen LogP contribution in [0.2, 0.25) is 11.1 Å². The van der Waals surface area contributed by atoms with Gasteiger partial charge in [-0.3, -0.25) is 0 Å². The fraction of sp³-hybridized carbons (Fsp3) is 1.00. The van der Waals surface area contributed by atoms with Crippen molar-refractivity contribution >= 4 is 15.2 Å². The quantitative estimate of drug-likeness (QED) is 0.407. The molecule has 0 aliphatic rings. The van der Waals surface area contributed by atoms with Crippen LogP contribution in [0.25, 0.3) is 0 Å². The Bertz CT molecular complexity index is 5.25. The molecule has 0 heterocycles. The van der Waals surface area contributed by atoms with Crippen molar-refractivity contribution in [1.29, 1.82) is 0 Å². The van der Waals surface area contributed by atoms with Crippen molar-refractivity contribution in [3.63, 3.8) is 0 Å². The van der Waals surface area contributed by atoms with Gasteiger partial charge in [-0.15, -0.1) is 0 Å². The summed E-state index contributed by atoms with van der Waals surface area (Å²) in [6.45, 7) is 2.22. The van der Waals surface area contributed by atoms with Crippen molar-refractivity contribution in [1.82, 2.24) is 0 Å². The first-order chi connectivity index (χ1) is 1.91. The second-order valence-electron chi connectivity index (χ2n) is 0.816. The van der Waals surface area contributed by atoms with Crippen LogP contribution in [0.4, 0.5) is 0 Å². The Morgan fingerprint density at radius 2 is 2.00 bits per heavy atom. The van der Waals surface area contributed by atoms with Crippen molar-refractivity contribution in [2.75, 3.05) is 0 Å². The summed E-state index contributed by atoms with van der Waals surface area (Å²) in [6, 6.07) is 0.